The lowest BCUT2D eigenvalue weighted by Crippen LogP contribution is -2.48. The fraction of sp³-hybridized carbons (Fsp3) is 0.350. The zero-order chi connectivity index (χ0) is 20.4. The fourth-order valence-electron chi connectivity index (χ4n) is 3.52. The van der Waals surface area contributed by atoms with E-state index in [1.165, 1.54) is 7.11 Å². The van der Waals surface area contributed by atoms with Crippen molar-refractivity contribution in [3.05, 3.63) is 41.2 Å². The minimum atomic E-state index is -0.596. The minimum Gasteiger partial charge on any atom is -0.464 e. The van der Waals surface area contributed by atoms with Gasteiger partial charge in [-0.15, -0.1) is 0 Å². The Hall–Kier alpha value is -3.47. The Morgan fingerprint density at radius 2 is 1.89 bits per heavy atom. The van der Waals surface area contributed by atoms with Crippen LogP contribution in [0.3, 0.4) is 0 Å². The molecule has 0 aliphatic carbocycles. The summed E-state index contributed by atoms with van der Waals surface area (Å²) in [5.74, 6) is -0.498. The van der Waals surface area contributed by atoms with E-state index in [1.54, 1.807) is 17.7 Å². The highest BCUT2D eigenvalue weighted by atomic mass is 16.5. The Balaban J connectivity index is 1.93. The molecule has 0 spiro atoms. The number of aromatic nitrogens is 1. The molecular weight excluding hydrogens is 358 g/mol. The monoisotopic (exact) mass is 381 g/mol. The average Bonchev–Trinajstić information content (AvgIpc) is 3.03. The van der Waals surface area contributed by atoms with Gasteiger partial charge in [-0.05, 0) is 30.7 Å². The fourth-order valence-corrected chi connectivity index (χ4v) is 3.52. The molecule has 1 fully saturated rings. The number of anilines is 2. The number of ether oxygens (including phenoxy) is 1. The van der Waals surface area contributed by atoms with Crippen LogP contribution in [0, 0.1) is 18.3 Å². The molecule has 28 heavy (non-hydrogen) atoms. The molecule has 1 aromatic carbocycles. The van der Waals surface area contributed by atoms with Gasteiger partial charge in [0.2, 0.25) is 5.91 Å². The van der Waals surface area contributed by atoms with Crippen molar-refractivity contribution in [1.29, 1.82) is 5.26 Å². The number of carbonyl (C=O) groups is 2. The predicted molar refractivity (Wildman–Crippen MR) is 105 cm³/mol. The van der Waals surface area contributed by atoms with Crippen LogP contribution in [0.25, 0.3) is 5.69 Å². The van der Waals surface area contributed by atoms with Gasteiger partial charge in [0.05, 0.1) is 18.4 Å². The molecule has 0 radical (unpaired) electrons. The summed E-state index contributed by atoms with van der Waals surface area (Å²) in [4.78, 5) is 27.8. The molecular formula is C20H23N5O3. The van der Waals surface area contributed by atoms with Crippen molar-refractivity contribution < 1.29 is 14.3 Å². The van der Waals surface area contributed by atoms with E-state index >= 15 is 0 Å². The molecule has 2 heterocycles. The maximum Gasteiger partial charge on any atom is 0.357 e. The second-order valence-corrected chi connectivity index (χ2v) is 6.74. The first-order valence-electron chi connectivity index (χ1n) is 8.98. The van der Waals surface area contributed by atoms with Crippen LogP contribution < -0.4 is 10.6 Å². The van der Waals surface area contributed by atoms with Crippen LogP contribution in [-0.2, 0) is 9.53 Å². The van der Waals surface area contributed by atoms with Gasteiger partial charge in [-0.1, -0.05) is 0 Å². The number of nitriles is 1. The van der Waals surface area contributed by atoms with Crippen LogP contribution in [-0.4, -0.2) is 54.6 Å². The average molecular weight is 381 g/mol. The number of aryl methyl sites for hydroxylation is 1. The maximum absolute atomic E-state index is 12.2. The van der Waals surface area contributed by atoms with Crippen LogP contribution in [0.4, 0.5) is 11.4 Å². The van der Waals surface area contributed by atoms with Gasteiger partial charge in [-0.25, -0.2) is 4.79 Å². The minimum absolute atomic E-state index is 0.0977. The molecule has 0 atom stereocenters. The summed E-state index contributed by atoms with van der Waals surface area (Å²) in [5.41, 5.74) is 9.26. The van der Waals surface area contributed by atoms with Gasteiger partial charge in [0.15, 0.2) is 5.69 Å². The summed E-state index contributed by atoms with van der Waals surface area (Å²) in [6, 6.07) is 7.81. The summed E-state index contributed by atoms with van der Waals surface area (Å²) in [7, 11) is 1.28. The highest BCUT2D eigenvalue weighted by Gasteiger charge is 2.23. The SMILES string of the molecule is COC(=O)c1c(N)c(C#N)cn1-c1ccc(N2CCN(C(C)=O)CC2)c(C)c1. The Labute approximate surface area is 163 Å². The lowest BCUT2D eigenvalue weighted by molar-refractivity contribution is -0.129. The number of esters is 1. The number of hydrogen-bond acceptors (Lipinski definition) is 6. The highest BCUT2D eigenvalue weighted by Crippen LogP contribution is 2.28. The molecule has 1 amide bonds. The van der Waals surface area contributed by atoms with Gasteiger partial charge in [-0.3, -0.25) is 4.79 Å². The predicted octanol–water partition coefficient (Wildman–Crippen LogP) is 1.69. The van der Waals surface area contributed by atoms with Crippen molar-refractivity contribution in [3.63, 3.8) is 0 Å². The number of nitrogens with two attached hydrogens (primary N) is 1. The number of nitrogens with zero attached hydrogens (tertiary/aromatic N) is 4. The zero-order valence-electron chi connectivity index (χ0n) is 16.2. The molecule has 146 valence electrons. The van der Waals surface area contributed by atoms with Gasteiger partial charge in [0, 0.05) is 50.7 Å². The van der Waals surface area contributed by atoms with Crippen molar-refractivity contribution in [2.45, 2.75) is 13.8 Å². The highest BCUT2D eigenvalue weighted by molar-refractivity contribution is 5.96. The van der Waals surface area contributed by atoms with Crippen LogP contribution in [0.5, 0.6) is 0 Å². The summed E-state index contributed by atoms with van der Waals surface area (Å²) in [6.45, 7) is 6.51. The molecule has 1 saturated heterocycles. The zero-order valence-corrected chi connectivity index (χ0v) is 16.2. The van der Waals surface area contributed by atoms with Crippen molar-refractivity contribution in [2.75, 3.05) is 43.9 Å². The molecule has 8 heteroatoms. The van der Waals surface area contributed by atoms with E-state index in [1.807, 2.05) is 36.1 Å². The van der Waals surface area contributed by atoms with E-state index in [2.05, 4.69) is 4.90 Å². The first-order chi connectivity index (χ1) is 13.4. The molecule has 2 aromatic rings. The molecule has 8 nitrogen and oxygen atoms in total. The van der Waals surface area contributed by atoms with Gasteiger partial charge >= 0.3 is 5.97 Å². The number of nitrogen functional groups attached to an aromatic ring is 1. The third-order valence-corrected chi connectivity index (χ3v) is 5.07. The Morgan fingerprint density at radius 1 is 1.21 bits per heavy atom. The van der Waals surface area contributed by atoms with Crippen LogP contribution in [0.15, 0.2) is 24.4 Å². The first kappa shape index (κ1) is 19.3. The Morgan fingerprint density at radius 3 is 2.43 bits per heavy atom. The molecule has 2 N–H and O–H groups in total. The van der Waals surface area contributed by atoms with Crippen LogP contribution >= 0.6 is 0 Å². The number of carbonyl (C=O) groups excluding carboxylic acids is 2. The van der Waals surface area contributed by atoms with E-state index in [-0.39, 0.29) is 22.9 Å². The van der Waals surface area contributed by atoms with E-state index < -0.39 is 5.97 Å². The van der Waals surface area contributed by atoms with Crippen molar-refractivity contribution in [2.24, 2.45) is 0 Å². The first-order valence-corrected chi connectivity index (χ1v) is 8.98. The number of piperazine rings is 1. The largest absolute Gasteiger partial charge is 0.464 e. The summed E-state index contributed by atoms with van der Waals surface area (Å²) >= 11 is 0. The summed E-state index contributed by atoms with van der Waals surface area (Å²) in [6.07, 6.45) is 1.54. The normalized spacial score (nSPS) is 13.9. The van der Waals surface area contributed by atoms with E-state index in [0.29, 0.717) is 13.1 Å². The number of amides is 1. The van der Waals surface area contributed by atoms with Gasteiger partial charge in [0.1, 0.15) is 6.07 Å². The molecule has 0 saturated carbocycles. The molecule has 1 aliphatic heterocycles. The van der Waals surface area contributed by atoms with E-state index in [9.17, 15) is 14.9 Å². The molecule has 0 bridgehead atoms. The molecule has 1 aromatic heterocycles. The molecule has 1 aliphatic rings. The van der Waals surface area contributed by atoms with Gasteiger partial charge in [-0.2, -0.15) is 5.26 Å². The second kappa shape index (κ2) is 7.64. The van der Waals surface area contributed by atoms with Gasteiger partial charge in [0.25, 0.3) is 0 Å². The van der Waals surface area contributed by atoms with Crippen molar-refractivity contribution in [1.82, 2.24) is 9.47 Å². The summed E-state index contributed by atoms with van der Waals surface area (Å²) in [5, 5.41) is 9.26. The quantitative estimate of drug-likeness (QED) is 0.812. The third kappa shape index (κ3) is 3.39. The topological polar surface area (TPSA) is 105 Å². The van der Waals surface area contributed by atoms with Gasteiger partial charge < -0.3 is 24.8 Å². The van der Waals surface area contributed by atoms with Crippen molar-refractivity contribution in [3.8, 4) is 11.8 Å². The number of hydrogen-bond donors (Lipinski definition) is 1. The van der Waals surface area contributed by atoms with E-state index in [0.717, 1.165) is 30.0 Å². The lowest BCUT2D eigenvalue weighted by atomic mass is 10.1. The van der Waals surface area contributed by atoms with Crippen LogP contribution in [0.2, 0.25) is 0 Å². The summed E-state index contributed by atoms with van der Waals surface area (Å²) < 4.78 is 6.41. The molecule has 3 rings (SSSR count). The third-order valence-electron chi connectivity index (χ3n) is 5.07. The number of methoxy groups -OCH3 is 1. The Bertz CT molecular complexity index is 965. The Kier molecular flexibility index (Phi) is 5.27. The maximum atomic E-state index is 12.2. The smallest absolute Gasteiger partial charge is 0.357 e. The standard InChI is InChI=1S/C20H23N5O3/c1-13-10-16(25-12-15(11-21)18(22)19(25)20(27)28-3)4-5-17(13)24-8-6-23(7-9-24)14(2)26/h4-5,10,12H,6-9,22H2,1-3H3. The molecule has 0 unspecified atom stereocenters. The number of benzene rings is 1. The second-order valence-electron chi connectivity index (χ2n) is 6.74. The number of rotatable bonds is 3. The van der Waals surface area contributed by atoms with Crippen molar-refractivity contribution >= 4 is 23.3 Å². The van der Waals surface area contributed by atoms with Crippen LogP contribution in [0.1, 0.15) is 28.5 Å². The van der Waals surface area contributed by atoms with E-state index in [4.69, 9.17) is 10.5 Å². The lowest BCUT2D eigenvalue weighted by Gasteiger charge is -2.36.